The Morgan fingerprint density at radius 2 is 1.51 bits per heavy atom. The van der Waals surface area contributed by atoms with Crippen LogP contribution in [0.4, 0.5) is 23.7 Å². The molecule has 2 aliphatic heterocycles. The van der Waals surface area contributed by atoms with Gasteiger partial charge in [-0.15, -0.1) is 0 Å². The molecule has 2 heterocycles. The third-order valence-corrected chi connectivity index (χ3v) is 9.53. The van der Waals surface area contributed by atoms with Crippen LogP contribution in [0, 0.1) is 5.92 Å². The maximum absolute atomic E-state index is 14.2. The molecule has 0 aromatic heterocycles. The fourth-order valence-corrected chi connectivity index (χ4v) is 6.60. The third kappa shape index (κ3) is 9.61. The largest absolute Gasteiger partial charge is 0.478 e. The van der Waals surface area contributed by atoms with Crippen molar-refractivity contribution in [2.45, 2.75) is 90.3 Å². The van der Waals surface area contributed by atoms with E-state index in [1.54, 1.807) is 25.7 Å². The summed E-state index contributed by atoms with van der Waals surface area (Å²) in [5.41, 5.74) is -1.71. The molecule has 5 rings (SSSR count). The monoisotopic (exact) mass is 750 g/mol. The first-order valence-electron chi connectivity index (χ1n) is 16.9. The van der Waals surface area contributed by atoms with Crippen molar-refractivity contribution >= 4 is 39.5 Å². The SMILES string of the molecule is CC(C)(C)OC(=O)N1CCN(C(=O)C(C)(C)Oc2cc(N3CCC[C@@H](C(=O)N(Cc4ccc(Br)cc4)C4CC4)C3)cc(C(F)(F)F)c2)CC1. The number of alkyl halides is 3. The first-order chi connectivity index (χ1) is 22.9. The molecule has 1 aliphatic carbocycles. The van der Waals surface area contributed by atoms with E-state index >= 15 is 0 Å². The summed E-state index contributed by atoms with van der Waals surface area (Å²) in [4.78, 5) is 46.7. The minimum atomic E-state index is -4.65. The molecule has 0 spiro atoms. The normalized spacial score (nSPS) is 19.0. The van der Waals surface area contributed by atoms with E-state index in [1.165, 1.54) is 24.8 Å². The number of hydrogen-bond acceptors (Lipinski definition) is 6. The fourth-order valence-electron chi connectivity index (χ4n) is 6.33. The van der Waals surface area contributed by atoms with E-state index in [1.807, 2.05) is 34.1 Å². The Balaban J connectivity index is 1.28. The highest BCUT2D eigenvalue weighted by Gasteiger charge is 2.40. The molecule has 3 fully saturated rings. The van der Waals surface area contributed by atoms with Crippen molar-refractivity contribution < 1.29 is 37.0 Å². The van der Waals surface area contributed by atoms with Gasteiger partial charge in [0, 0.05) is 68.1 Å². The van der Waals surface area contributed by atoms with Crippen LogP contribution in [-0.2, 0) is 27.0 Å². The summed E-state index contributed by atoms with van der Waals surface area (Å²) in [6.07, 6.45) is -1.91. The van der Waals surface area contributed by atoms with Crippen LogP contribution < -0.4 is 9.64 Å². The molecule has 1 saturated carbocycles. The van der Waals surface area contributed by atoms with Gasteiger partial charge in [-0.2, -0.15) is 13.2 Å². The zero-order valence-electron chi connectivity index (χ0n) is 28.8. The van der Waals surface area contributed by atoms with Crippen LogP contribution in [0.5, 0.6) is 5.75 Å². The van der Waals surface area contributed by atoms with Gasteiger partial charge in [0.2, 0.25) is 5.91 Å². The van der Waals surface area contributed by atoms with E-state index < -0.39 is 34.9 Å². The van der Waals surface area contributed by atoms with Gasteiger partial charge >= 0.3 is 12.3 Å². The number of piperazine rings is 1. The number of nitrogens with zero attached hydrogens (tertiary/aromatic N) is 4. The highest BCUT2D eigenvalue weighted by molar-refractivity contribution is 9.10. The summed E-state index contributed by atoms with van der Waals surface area (Å²) in [7, 11) is 0. The topological polar surface area (TPSA) is 82.6 Å². The standard InChI is InChI=1S/C36H46BrF3N4O5/c1-34(2,3)49-33(47)42-17-15-41(16-18-42)32(46)35(4,5)48-30-20-26(36(38,39)40)19-29(21-30)43-14-6-7-25(23-43)31(45)44(28-12-13-28)22-24-8-10-27(37)11-9-24/h8-11,19-21,25,28H,6-7,12-18,22-23H2,1-5H3/t25-/m1/s1. The number of anilines is 1. The van der Waals surface area contributed by atoms with Crippen LogP contribution in [0.2, 0.25) is 0 Å². The average molecular weight is 752 g/mol. The van der Waals surface area contributed by atoms with Crippen molar-refractivity contribution in [1.29, 1.82) is 0 Å². The second-order valence-electron chi connectivity index (χ2n) is 14.7. The Morgan fingerprint density at radius 3 is 2.10 bits per heavy atom. The van der Waals surface area contributed by atoms with Crippen LogP contribution in [0.1, 0.15) is 71.4 Å². The molecular weight excluding hydrogens is 705 g/mol. The molecule has 1 atom stereocenters. The summed E-state index contributed by atoms with van der Waals surface area (Å²) in [5, 5.41) is 0. The maximum Gasteiger partial charge on any atom is 0.416 e. The predicted molar refractivity (Wildman–Crippen MR) is 183 cm³/mol. The molecule has 3 aliphatic rings. The van der Waals surface area contributed by atoms with E-state index in [4.69, 9.17) is 9.47 Å². The first-order valence-corrected chi connectivity index (χ1v) is 17.7. The van der Waals surface area contributed by atoms with E-state index in [2.05, 4.69) is 15.9 Å². The molecule has 268 valence electrons. The summed E-state index contributed by atoms with van der Waals surface area (Å²) >= 11 is 3.45. The summed E-state index contributed by atoms with van der Waals surface area (Å²) in [6.45, 7) is 10.7. The highest BCUT2D eigenvalue weighted by atomic mass is 79.9. The van der Waals surface area contributed by atoms with Crippen molar-refractivity contribution in [2.75, 3.05) is 44.2 Å². The third-order valence-electron chi connectivity index (χ3n) is 9.00. The predicted octanol–water partition coefficient (Wildman–Crippen LogP) is 7.11. The molecule has 3 amide bonds. The Hall–Kier alpha value is -3.48. The van der Waals surface area contributed by atoms with E-state index in [-0.39, 0.29) is 56.3 Å². The van der Waals surface area contributed by atoms with Gasteiger partial charge < -0.3 is 29.1 Å². The molecule has 2 aromatic carbocycles. The molecule has 2 saturated heterocycles. The lowest BCUT2D eigenvalue weighted by Gasteiger charge is -2.39. The van der Waals surface area contributed by atoms with E-state index in [0.717, 1.165) is 35.0 Å². The minimum Gasteiger partial charge on any atom is -0.478 e. The minimum absolute atomic E-state index is 0.0251. The summed E-state index contributed by atoms with van der Waals surface area (Å²) < 4.78 is 55.0. The van der Waals surface area contributed by atoms with E-state index in [0.29, 0.717) is 31.6 Å². The molecule has 0 unspecified atom stereocenters. The van der Waals surface area contributed by atoms with Gasteiger partial charge in [-0.1, -0.05) is 28.1 Å². The number of halogens is 4. The molecule has 13 heteroatoms. The number of carbonyl (C=O) groups excluding carboxylic acids is 3. The molecule has 2 aromatic rings. The second kappa shape index (κ2) is 14.4. The van der Waals surface area contributed by atoms with Crippen molar-refractivity contribution in [3.63, 3.8) is 0 Å². The number of carbonyl (C=O) groups is 3. The Bertz CT molecular complexity index is 1520. The van der Waals surface area contributed by atoms with Gasteiger partial charge in [0.15, 0.2) is 5.60 Å². The Morgan fingerprint density at radius 1 is 0.878 bits per heavy atom. The van der Waals surface area contributed by atoms with Crippen LogP contribution in [0.25, 0.3) is 0 Å². The smallest absolute Gasteiger partial charge is 0.416 e. The molecule has 49 heavy (non-hydrogen) atoms. The molecule has 0 bridgehead atoms. The average Bonchev–Trinajstić information content (AvgIpc) is 3.88. The summed E-state index contributed by atoms with van der Waals surface area (Å²) in [5.74, 6) is -0.818. The number of piperidine rings is 1. The van der Waals surface area contributed by atoms with E-state index in [9.17, 15) is 27.6 Å². The van der Waals surface area contributed by atoms with Crippen LogP contribution >= 0.6 is 15.9 Å². The maximum atomic E-state index is 14.2. The number of rotatable bonds is 8. The zero-order valence-corrected chi connectivity index (χ0v) is 30.4. The van der Waals surface area contributed by atoms with Crippen LogP contribution in [-0.4, -0.2) is 89.1 Å². The highest BCUT2D eigenvalue weighted by Crippen LogP contribution is 2.38. The number of amides is 3. The molecular formula is C36H46BrF3N4O5. The lowest BCUT2D eigenvalue weighted by Crippen LogP contribution is -2.57. The van der Waals surface area contributed by atoms with Crippen molar-refractivity contribution in [3.8, 4) is 5.75 Å². The van der Waals surface area contributed by atoms with Gasteiger partial charge in [0.05, 0.1) is 11.5 Å². The van der Waals surface area contributed by atoms with Crippen molar-refractivity contribution in [3.05, 3.63) is 58.1 Å². The fraction of sp³-hybridized carbons (Fsp3) is 0.583. The Kier molecular flexibility index (Phi) is 10.8. The lowest BCUT2D eigenvalue weighted by molar-refractivity contribution is -0.147. The number of hydrogen-bond donors (Lipinski definition) is 0. The summed E-state index contributed by atoms with van der Waals surface area (Å²) in [6, 6.07) is 11.6. The molecule has 0 N–H and O–H groups in total. The van der Waals surface area contributed by atoms with Gasteiger partial charge in [-0.3, -0.25) is 9.59 Å². The van der Waals surface area contributed by atoms with Gasteiger partial charge in [0.25, 0.3) is 5.91 Å². The van der Waals surface area contributed by atoms with Gasteiger partial charge in [-0.05, 0) is 90.1 Å². The van der Waals surface area contributed by atoms with Crippen molar-refractivity contribution in [2.24, 2.45) is 5.92 Å². The second-order valence-corrected chi connectivity index (χ2v) is 15.6. The van der Waals surface area contributed by atoms with Crippen molar-refractivity contribution in [1.82, 2.24) is 14.7 Å². The quantitative estimate of drug-likeness (QED) is 0.286. The Labute approximate surface area is 294 Å². The zero-order chi connectivity index (χ0) is 35.7. The van der Waals surface area contributed by atoms with Gasteiger partial charge in [0.1, 0.15) is 11.4 Å². The molecule has 9 nitrogen and oxygen atoms in total. The van der Waals surface area contributed by atoms with Crippen LogP contribution in [0.15, 0.2) is 46.9 Å². The van der Waals surface area contributed by atoms with Gasteiger partial charge in [-0.25, -0.2) is 4.79 Å². The first kappa shape index (κ1) is 36.8. The number of benzene rings is 2. The lowest BCUT2D eigenvalue weighted by atomic mass is 9.95. The number of ether oxygens (including phenoxy) is 2. The molecule has 0 radical (unpaired) electrons. The van der Waals surface area contributed by atoms with Crippen LogP contribution in [0.3, 0.4) is 0 Å².